The molecule has 8 nitrogen and oxygen atoms in total. The molecule has 0 saturated carbocycles. The zero-order valence-corrected chi connectivity index (χ0v) is 17.9. The molecule has 0 aromatic rings. The third-order valence-electron chi connectivity index (χ3n) is 4.84. The predicted octanol–water partition coefficient (Wildman–Crippen LogP) is -2.21. The van der Waals surface area contributed by atoms with Gasteiger partial charge in [-0.2, -0.15) is 0 Å². The lowest BCUT2D eigenvalue weighted by molar-refractivity contribution is 0.271. The van der Waals surface area contributed by atoms with Crippen LogP contribution < -0.4 is 31.9 Å². The second-order valence-corrected chi connectivity index (χ2v) is 7.25. The lowest BCUT2D eigenvalue weighted by Crippen LogP contribution is -2.43. The van der Waals surface area contributed by atoms with E-state index in [4.69, 9.17) is 0 Å². The Morgan fingerprint density at radius 3 is 1.63 bits per heavy atom. The molecular weight excluding hydrogens is 340 g/mol. The first-order valence-corrected chi connectivity index (χ1v) is 11.0. The minimum absolute atomic E-state index is 1.04. The van der Waals surface area contributed by atoms with Crippen molar-refractivity contribution in [3.63, 3.8) is 0 Å². The van der Waals surface area contributed by atoms with Gasteiger partial charge in [-0.05, 0) is 13.6 Å². The average molecular weight is 387 g/mol. The Bertz CT molecular complexity index is 285. The van der Waals surface area contributed by atoms with E-state index in [1.54, 1.807) is 0 Å². The van der Waals surface area contributed by atoms with Gasteiger partial charge in [-0.3, -0.25) is 4.90 Å². The van der Waals surface area contributed by atoms with Crippen LogP contribution in [-0.4, -0.2) is 128 Å². The topological polar surface area (TPSA) is 78.7 Å². The van der Waals surface area contributed by atoms with E-state index in [1.807, 2.05) is 0 Å². The van der Waals surface area contributed by atoms with Crippen LogP contribution >= 0.6 is 0 Å². The maximum atomic E-state index is 3.57. The quantitative estimate of drug-likeness (QED) is 0.275. The Morgan fingerprint density at radius 1 is 0.630 bits per heavy atom. The van der Waals surface area contributed by atoms with Crippen LogP contribution in [0.3, 0.4) is 0 Å². The Balaban J connectivity index is 2.22. The second-order valence-electron chi connectivity index (χ2n) is 7.25. The molecule has 0 atom stereocenters. The summed E-state index contributed by atoms with van der Waals surface area (Å²) in [6.45, 7) is 20.3. The van der Waals surface area contributed by atoms with E-state index >= 15 is 0 Å². The summed E-state index contributed by atoms with van der Waals surface area (Å²) < 4.78 is 0. The van der Waals surface area contributed by atoms with Gasteiger partial charge in [-0.15, -0.1) is 0 Å². The Morgan fingerprint density at radius 2 is 1.11 bits per heavy atom. The molecule has 0 aliphatic carbocycles. The maximum absolute atomic E-state index is 3.57. The minimum atomic E-state index is 1.04. The van der Waals surface area contributed by atoms with Gasteiger partial charge < -0.3 is 36.8 Å². The molecule has 8 heteroatoms. The second kappa shape index (κ2) is 19.0. The first-order chi connectivity index (χ1) is 13.3. The van der Waals surface area contributed by atoms with Gasteiger partial charge in [0, 0.05) is 105 Å². The smallest absolute Gasteiger partial charge is 0.0108 e. The molecule has 0 bridgehead atoms. The van der Waals surface area contributed by atoms with Gasteiger partial charge >= 0.3 is 0 Å². The van der Waals surface area contributed by atoms with Crippen molar-refractivity contribution in [3.05, 3.63) is 0 Å². The van der Waals surface area contributed by atoms with Crippen molar-refractivity contribution >= 4 is 0 Å². The van der Waals surface area contributed by atoms with Gasteiger partial charge in [0.1, 0.15) is 0 Å². The van der Waals surface area contributed by atoms with Crippen LogP contribution in [0.1, 0.15) is 6.92 Å². The molecule has 6 N–H and O–H groups in total. The summed E-state index contributed by atoms with van der Waals surface area (Å²) in [6, 6.07) is 0. The Hall–Kier alpha value is -0.320. The molecule has 1 aliphatic heterocycles. The molecule has 0 radical (unpaired) electrons. The number of nitrogens with one attached hydrogen (secondary N) is 6. The van der Waals surface area contributed by atoms with Gasteiger partial charge in [0.15, 0.2) is 0 Å². The summed E-state index contributed by atoms with van der Waals surface area (Å²) in [6.07, 6.45) is 0. The summed E-state index contributed by atoms with van der Waals surface area (Å²) in [7, 11) is 2.20. The summed E-state index contributed by atoms with van der Waals surface area (Å²) in [5, 5.41) is 21.1. The molecule has 1 heterocycles. The van der Waals surface area contributed by atoms with E-state index in [9.17, 15) is 0 Å². The van der Waals surface area contributed by atoms with Crippen LogP contribution in [0.5, 0.6) is 0 Å². The first-order valence-electron chi connectivity index (χ1n) is 11.0. The van der Waals surface area contributed by atoms with E-state index in [-0.39, 0.29) is 0 Å². The number of hydrogen-bond donors (Lipinski definition) is 6. The predicted molar refractivity (Wildman–Crippen MR) is 117 cm³/mol. The largest absolute Gasteiger partial charge is 0.316 e. The van der Waals surface area contributed by atoms with Crippen molar-refractivity contribution in [1.82, 2.24) is 41.7 Å². The van der Waals surface area contributed by atoms with E-state index in [1.165, 1.54) is 0 Å². The van der Waals surface area contributed by atoms with Crippen molar-refractivity contribution in [2.45, 2.75) is 6.92 Å². The Kier molecular flexibility index (Phi) is 17.4. The van der Waals surface area contributed by atoms with Gasteiger partial charge in [-0.25, -0.2) is 0 Å². The normalized spacial score (nSPS) is 21.6. The van der Waals surface area contributed by atoms with Crippen LogP contribution in [0.4, 0.5) is 0 Å². The molecule has 0 amide bonds. The van der Waals surface area contributed by atoms with Gasteiger partial charge in [0.2, 0.25) is 0 Å². The molecular formula is C19H46N8. The van der Waals surface area contributed by atoms with Gasteiger partial charge in [0.05, 0.1) is 0 Å². The molecule has 0 aromatic carbocycles. The number of rotatable bonds is 7. The van der Waals surface area contributed by atoms with Crippen molar-refractivity contribution in [1.29, 1.82) is 0 Å². The van der Waals surface area contributed by atoms with Crippen molar-refractivity contribution in [2.24, 2.45) is 0 Å². The fourth-order valence-electron chi connectivity index (χ4n) is 3.03. The highest BCUT2D eigenvalue weighted by Gasteiger charge is 2.04. The van der Waals surface area contributed by atoms with Crippen LogP contribution in [0.15, 0.2) is 0 Å². The zero-order chi connectivity index (χ0) is 19.4. The van der Waals surface area contributed by atoms with Gasteiger partial charge in [0.25, 0.3) is 0 Å². The third-order valence-corrected chi connectivity index (χ3v) is 4.84. The first kappa shape index (κ1) is 24.7. The highest BCUT2D eigenvalue weighted by atomic mass is 15.2. The number of nitrogens with zero attached hydrogens (tertiary/aromatic N) is 2. The highest BCUT2D eigenvalue weighted by Crippen LogP contribution is 1.86. The monoisotopic (exact) mass is 386 g/mol. The summed E-state index contributed by atoms with van der Waals surface area (Å²) in [5.41, 5.74) is 0. The standard InChI is InChI=1S/C19H46N8/c1-3-20-4-5-23-12-17-27-18-13-24-8-6-21-10-15-26(2)16-11-22-7-9-25-14-19-27/h20-25H,3-19H2,1-2H3. The fraction of sp³-hybridized carbons (Fsp3) is 1.00. The molecule has 1 saturated heterocycles. The molecule has 27 heavy (non-hydrogen) atoms. The van der Waals surface area contributed by atoms with Crippen LogP contribution in [0.2, 0.25) is 0 Å². The lowest BCUT2D eigenvalue weighted by Gasteiger charge is -2.23. The molecule has 0 unspecified atom stereocenters. The van der Waals surface area contributed by atoms with Gasteiger partial charge in [-0.1, -0.05) is 6.92 Å². The van der Waals surface area contributed by atoms with Crippen LogP contribution in [0.25, 0.3) is 0 Å². The SMILES string of the molecule is CCNCCNCCN1CCNCCNCCN(C)CCNCCNCC1. The molecule has 162 valence electrons. The average Bonchev–Trinajstić information content (AvgIpc) is 2.67. The summed E-state index contributed by atoms with van der Waals surface area (Å²) >= 11 is 0. The van der Waals surface area contributed by atoms with Crippen molar-refractivity contribution < 1.29 is 0 Å². The van der Waals surface area contributed by atoms with Crippen molar-refractivity contribution in [3.8, 4) is 0 Å². The molecule has 0 spiro atoms. The molecule has 1 rings (SSSR count). The van der Waals surface area contributed by atoms with Crippen molar-refractivity contribution in [2.75, 3.05) is 118 Å². The number of likely N-dealkylation sites (N-methyl/N-ethyl adjacent to an activating group) is 2. The van der Waals surface area contributed by atoms with E-state index in [2.05, 4.69) is 55.7 Å². The van der Waals surface area contributed by atoms with Crippen LogP contribution in [-0.2, 0) is 0 Å². The van der Waals surface area contributed by atoms with Crippen LogP contribution in [0, 0.1) is 0 Å². The minimum Gasteiger partial charge on any atom is -0.316 e. The summed E-state index contributed by atoms with van der Waals surface area (Å²) in [4.78, 5) is 4.94. The van der Waals surface area contributed by atoms with E-state index in [0.29, 0.717) is 0 Å². The zero-order valence-electron chi connectivity index (χ0n) is 17.9. The Labute approximate surface area is 167 Å². The number of hydrogen-bond acceptors (Lipinski definition) is 8. The maximum Gasteiger partial charge on any atom is 0.0108 e. The fourth-order valence-corrected chi connectivity index (χ4v) is 3.03. The lowest BCUT2D eigenvalue weighted by atomic mass is 10.4. The van der Waals surface area contributed by atoms with E-state index < -0.39 is 0 Å². The molecule has 1 fully saturated rings. The molecule has 0 aromatic heterocycles. The summed E-state index contributed by atoms with van der Waals surface area (Å²) in [5.74, 6) is 0. The highest BCUT2D eigenvalue weighted by molar-refractivity contribution is 4.66. The van der Waals surface area contributed by atoms with E-state index in [0.717, 1.165) is 111 Å². The molecule has 1 aliphatic rings. The third kappa shape index (κ3) is 16.3.